The number of aromatic nitrogens is 1. The molecule has 1 aromatic heterocycles. The molecule has 1 saturated carbocycles. The van der Waals surface area contributed by atoms with E-state index in [0.29, 0.717) is 17.4 Å². The van der Waals surface area contributed by atoms with E-state index in [2.05, 4.69) is 14.6 Å². The molecule has 2 aliphatic heterocycles. The third kappa shape index (κ3) is 3.05. The van der Waals surface area contributed by atoms with Crippen molar-refractivity contribution in [1.82, 2.24) is 9.27 Å². The average molecular weight is 384 g/mol. The largest absolute Gasteiger partial charge is 0.381 e. The number of nitrogens with one attached hydrogen (secondary N) is 1. The topological polar surface area (TPSA) is 54.5 Å². The lowest BCUT2D eigenvalue weighted by Gasteiger charge is -2.64. The van der Waals surface area contributed by atoms with Crippen LogP contribution in [0.5, 0.6) is 0 Å². The first-order valence-corrected chi connectivity index (χ1v) is 10.7. The molecule has 1 N–H and O–H groups in total. The van der Waals surface area contributed by atoms with Crippen LogP contribution in [0.15, 0.2) is 36.5 Å². The highest BCUT2D eigenvalue weighted by Gasteiger charge is 2.59. The Hall–Kier alpha value is -1.92. The van der Waals surface area contributed by atoms with E-state index in [-0.39, 0.29) is 6.03 Å². The number of carbonyl (C=O) groups is 1. The highest BCUT2D eigenvalue weighted by molar-refractivity contribution is 7.09. The van der Waals surface area contributed by atoms with E-state index in [9.17, 15) is 4.79 Å². The minimum atomic E-state index is 0.0505. The summed E-state index contributed by atoms with van der Waals surface area (Å²) in [7, 11) is 0. The molecule has 5 rings (SSSR count). The molecule has 1 aliphatic carbocycles. The molecule has 0 bridgehead atoms. The monoisotopic (exact) mass is 383 g/mol. The number of amides is 2. The normalized spacial score (nSPS) is 24.3. The molecule has 6 heteroatoms. The average Bonchev–Trinajstić information content (AvgIpc) is 3.16. The lowest BCUT2D eigenvalue weighted by molar-refractivity contribution is -0.135. The molecule has 1 spiro atoms. The smallest absolute Gasteiger partial charge is 0.322 e. The van der Waals surface area contributed by atoms with Gasteiger partial charge >= 0.3 is 6.03 Å². The van der Waals surface area contributed by atoms with Crippen LogP contribution >= 0.6 is 11.5 Å². The summed E-state index contributed by atoms with van der Waals surface area (Å²) in [5.41, 5.74) is 2.39. The summed E-state index contributed by atoms with van der Waals surface area (Å²) in [6.45, 7) is 2.59. The maximum Gasteiger partial charge on any atom is 0.322 e. The van der Waals surface area contributed by atoms with Crippen LogP contribution in [0.25, 0.3) is 10.4 Å². The number of benzene rings is 1. The Bertz CT molecular complexity index is 795. The summed E-state index contributed by atoms with van der Waals surface area (Å²) in [6.07, 6.45) is 7.85. The summed E-state index contributed by atoms with van der Waals surface area (Å²) in [6, 6.07) is 10.5. The van der Waals surface area contributed by atoms with Crippen molar-refractivity contribution in [2.24, 2.45) is 11.3 Å². The fraction of sp³-hybridized carbons (Fsp3) is 0.524. The lowest BCUT2D eigenvalue weighted by Crippen LogP contribution is -2.72. The van der Waals surface area contributed by atoms with Gasteiger partial charge in [-0.25, -0.2) is 9.17 Å². The van der Waals surface area contributed by atoms with Gasteiger partial charge in [-0.05, 0) is 66.9 Å². The van der Waals surface area contributed by atoms with Gasteiger partial charge in [-0.2, -0.15) is 0 Å². The second-order valence-electron chi connectivity index (χ2n) is 8.12. The Morgan fingerprint density at radius 1 is 1.19 bits per heavy atom. The van der Waals surface area contributed by atoms with Gasteiger partial charge in [0.15, 0.2) is 0 Å². The third-order valence-corrected chi connectivity index (χ3v) is 7.43. The molecule has 5 nitrogen and oxygen atoms in total. The van der Waals surface area contributed by atoms with Crippen LogP contribution in [0.1, 0.15) is 32.1 Å². The lowest BCUT2D eigenvalue weighted by atomic mass is 9.54. The summed E-state index contributed by atoms with van der Waals surface area (Å²) in [5.74, 6) is 0.590. The van der Waals surface area contributed by atoms with Gasteiger partial charge in [0, 0.05) is 43.1 Å². The molecule has 2 amide bonds. The molecule has 2 aromatic rings. The number of hydrogen-bond acceptors (Lipinski definition) is 4. The van der Waals surface area contributed by atoms with E-state index in [1.807, 2.05) is 36.5 Å². The number of carbonyl (C=O) groups excluding carboxylic acids is 1. The van der Waals surface area contributed by atoms with Crippen molar-refractivity contribution in [2.75, 3.05) is 25.1 Å². The van der Waals surface area contributed by atoms with Gasteiger partial charge in [-0.1, -0.05) is 18.6 Å². The van der Waals surface area contributed by atoms with Crippen LogP contribution in [-0.4, -0.2) is 41.1 Å². The Morgan fingerprint density at radius 3 is 2.59 bits per heavy atom. The van der Waals surface area contributed by atoms with Gasteiger partial charge in [-0.15, -0.1) is 0 Å². The Balaban J connectivity index is 1.27. The van der Waals surface area contributed by atoms with Gasteiger partial charge in [0.2, 0.25) is 0 Å². The van der Waals surface area contributed by atoms with E-state index in [1.165, 1.54) is 30.8 Å². The quantitative estimate of drug-likeness (QED) is 0.841. The first-order chi connectivity index (χ1) is 13.3. The zero-order valence-electron chi connectivity index (χ0n) is 15.4. The molecular weight excluding hydrogens is 358 g/mol. The SMILES string of the molecule is O=C(Nc1ccc(-c2ccns2)cc1)N1CC2(CCC2)C1C1CCOCC1. The van der Waals surface area contributed by atoms with E-state index < -0.39 is 0 Å². The molecule has 3 heterocycles. The number of likely N-dealkylation sites (tertiary alicyclic amines) is 1. The first-order valence-electron chi connectivity index (χ1n) is 9.92. The zero-order valence-corrected chi connectivity index (χ0v) is 16.2. The number of nitrogens with zero attached hydrogens (tertiary/aromatic N) is 2. The molecule has 142 valence electrons. The highest BCUT2D eigenvalue weighted by Crippen LogP contribution is 2.56. The van der Waals surface area contributed by atoms with Crippen LogP contribution in [-0.2, 0) is 4.74 Å². The second kappa shape index (κ2) is 6.91. The van der Waals surface area contributed by atoms with Crippen molar-refractivity contribution in [3.8, 4) is 10.4 Å². The minimum absolute atomic E-state index is 0.0505. The standard InChI is InChI=1S/C21H25N3O2S/c25-20(23-17-4-2-15(3-5-17)18-6-11-22-27-18)24-14-21(9-1-10-21)19(24)16-7-12-26-13-8-16/h2-6,11,16,19H,1,7-10,12-14H2,(H,23,25). The molecule has 0 radical (unpaired) electrons. The summed E-state index contributed by atoms with van der Waals surface area (Å²) in [4.78, 5) is 16.2. The number of anilines is 1. The third-order valence-electron chi connectivity index (χ3n) is 6.63. The van der Waals surface area contributed by atoms with Crippen LogP contribution in [0, 0.1) is 11.3 Å². The Kier molecular flexibility index (Phi) is 4.40. The van der Waals surface area contributed by atoms with E-state index >= 15 is 0 Å². The van der Waals surface area contributed by atoms with E-state index in [0.717, 1.165) is 48.7 Å². The van der Waals surface area contributed by atoms with Gasteiger partial charge in [0.25, 0.3) is 0 Å². The van der Waals surface area contributed by atoms with Crippen molar-refractivity contribution < 1.29 is 9.53 Å². The fourth-order valence-electron chi connectivity index (χ4n) is 5.10. The molecule has 3 aliphatic rings. The van der Waals surface area contributed by atoms with E-state index in [4.69, 9.17) is 4.74 Å². The minimum Gasteiger partial charge on any atom is -0.381 e. The number of hydrogen-bond donors (Lipinski definition) is 1. The summed E-state index contributed by atoms with van der Waals surface area (Å²) >= 11 is 1.48. The number of rotatable bonds is 3. The highest BCUT2D eigenvalue weighted by atomic mass is 32.1. The number of ether oxygens (including phenoxy) is 1. The van der Waals surface area contributed by atoms with Crippen LogP contribution in [0.4, 0.5) is 10.5 Å². The van der Waals surface area contributed by atoms with Crippen LogP contribution in [0.3, 0.4) is 0 Å². The maximum atomic E-state index is 13.0. The summed E-state index contributed by atoms with van der Waals surface area (Å²) in [5, 5.41) is 3.11. The van der Waals surface area contributed by atoms with Crippen molar-refractivity contribution in [2.45, 2.75) is 38.1 Å². The fourth-order valence-corrected chi connectivity index (χ4v) is 5.69. The molecule has 1 atom stereocenters. The number of urea groups is 1. The predicted molar refractivity (Wildman–Crippen MR) is 107 cm³/mol. The van der Waals surface area contributed by atoms with Crippen molar-refractivity contribution >= 4 is 23.3 Å². The second-order valence-corrected chi connectivity index (χ2v) is 8.96. The molecule has 1 unspecified atom stereocenters. The summed E-state index contributed by atoms with van der Waals surface area (Å²) < 4.78 is 9.70. The molecule has 27 heavy (non-hydrogen) atoms. The van der Waals surface area contributed by atoms with Crippen LogP contribution in [0.2, 0.25) is 0 Å². The Labute approximate surface area is 163 Å². The van der Waals surface area contributed by atoms with Gasteiger partial charge in [0.1, 0.15) is 0 Å². The maximum absolute atomic E-state index is 13.0. The van der Waals surface area contributed by atoms with Crippen molar-refractivity contribution in [3.05, 3.63) is 36.5 Å². The predicted octanol–water partition coefficient (Wildman–Crippen LogP) is 4.62. The first kappa shape index (κ1) is 17.2. The molecule has 2 saturated heterocycles. The Morgan fingerprint density at radius 2 is 1.96 bits per heavy atom. The zero-order chi connectivity index (χ0) is 18.3. The van der Waals surface area contributed by atoms with Gasteiger partial charge in [0.05, 0.1) is 4.88 Å². The molecular formula is C21H25N3O2S. The molecule has 1 aromatic carbocycles. The van der Waals surface area contributed by atoms with Gasteiger partial charge in [-0.3, -0.25) is 0 Å². The van der Waals surface area contributed by atoms with Crippen molar-refractivity contribution in [3.63, 3.8) is 0 Å². The molecule has 3 fully saturated rings. The van der Waals surface area contributed by atoms with Gasteiger partial charge < -0.3 is 15.0 Å². The van der Waals surface area contributed by atoms with Crippen LogP contribution < -0.4 is 5.32 Å². The van der Waals surface area contributed by atoms with E-state index in [1.54, 1.807) is 0 Å². The van der Waals surface area contributed by atoms with Crippen molar-refractivity contribution in [1.29, 1.82) is 0 Å².